The van der Waals surface area contributed by atoms with E-state index >= 15 is 0 Å². The fourth-order valence-electron chi connectivity index (χ4n) is 5.37. The molecule has 3 aromatic rings. The number of rotatable bonds is 14. The van der Waals surface area contributed by atoms with Gasteiger partial charge in [-0.1, -0.05) is 90.5 Å². The van der Waals surface area contributed by atoms with Crippen molar-refractivity contribution in [3.63, 3.8) is 0 Å². The summed E-state index contributed by atoms with van der Waals surface area (Å²) in [5.74, 6) is -3.96. The number of hydrogen-bond donors (Lipinski definition) is 1. The monoisotopic (exact) mass is 611 g/mol. The largest absolute Gasteiger partial charge is 0.453 e. The molecule has 0 unspecified atom stereocenters. The Morgan fingerprint density at radius 1 is 0.978 bits per heavy atom. The molecule has 1 saturated heterocycles. The summed E-state index contributed by atoms with van der Waals surface area (Å²) < 4.78 is 10.9. The first-order chi connectivity index (χ1) is 21.7. The molecule has 234 valence electrons. The number of aryl methyl sites for hydroxylation is 1. The van der Waals surface area contributed by atoms with Crippen LogP contribution in [0.4, 0.5) is 4.79 Å². The van der Waals surface area contributed by atoms with E-state index in [9.17, 15) is 29.1 Å². The van der Waals surface area contributed by atoms with Crippen LogP contribution in [-0.2, 0) is 35.1 Å². The van der Waals surface area contributed by atoms with Gasteiger partial charge in [0.25, 0.3) is 0 Å². The molecule has 1 N–H and O–H groups in total. The van der Waals surface area contributed by atoms with Crippen LogP contribution in [0.1, 0.15) is 54.5 Å². The van der Waals surface area contributed by atoms with Gasteiger partial charge in [0.1, 0.15) is 12.6 Å². The molecule has 9 heteroatoms. The Morgan fingerprint density at radius 3 is 2.31 bits per heavy atom. The Hall–Kier alpha value is -4.89. The minimum atomic E-state index is -1.65. The molecule has 2 amide bonds. The lowest BCUT2D eigenvalue weighted by Crippen LogP contribution is -2.47. The molecule has 0 bridgehead atoms. The summed E-state index contributed by atoms with van der Waals surface area (Å²) >= 11 is 0. The van der Waals surface area contributed by atoms with Crippen molar-refractivity contribution in [3.8, 4) is 0 Å². The summed E-state index contributed by atoms with van der Waals surface area (Å²) in [4.78, 5) is 68.3. The number of ketones is 2. The zero-order chi connectivity index (χ0) is 32.3. The molecule has 9 nitrogen and oxygen atoms in total. The maximum atomic E-state index is 14.4. The number of hydrogen-bond acceptors (Lipinski definition) is 8. The highest BCUT2D eigenvalue weighted by Gasteiger charge is 2.46. The lowest BCUT2D eigenvalue weighted by Gasteiger charge is -2.29. The smallest absolute Gasteiger partial charge is 0.417 e. The first-order valence-electron chi connectivity index (χ1n) is 14.9. The van der Waals surface area contributed by atoms with Crippen LogP contribution in [0, 0.1) is 12.8 Å². The molecule has 1 heterocycles. The van der Waals surface area contributed by atoms with E-state index in [-0.39, 0.29) is 37.4 Å². The molecule has 3 atom stereocenters. The van der Waals surface area contributed by atoms with Gasteiger partial charge in [0.05, 0.1) is 5.92 Å². The molecule has 45 heavy (non-hydrogen) atoms. The molecule has 3 aromatic carbocycles. The van der Waals surface area contributed by atoms with Crippen LogP contribution in [-0.4, -0.2) is 58.9 Å². The summed E-state index contributed by atoms with van der Waals surface area (Å²) in [6.07, 6.45) is -0.512. The second-order valence-electron chi connectivity index (χ2n) is 11.0. The average molecular weight is 612 g/mol. The highest BCUT2D eigenvalue weighted by atomic mass is 16.6. The standard InChI is InChI=1S/C36H37NO8/c1-24-12-11-17-28(20-24)29(32(40)18-9-10-19-38)22-33(41)34(45-25(2)39)30(21-26-13-5-3-6-14-26)35(42)37-31(23-44-36(37)43)27-15-7-4-8-16-27/h3-8,11-17,20,22,30-31,34,38H,9-10,18-19,21,23H2,1-2H3/t30-,31-,34+/m0/s1. The van der Waals surface area contributed by atoms with Crippen molar-refractivity contribution in [1.29, 1.82) is 0 Å². The SMILES string of the molecule is CC(=O)O[C@@H](C(=O)C=C(C(=O)CCCCO)c1cccc(C)c1)[C@H](Cc1ccccc1)C(=O)N1C(=O)OC[C@H]1c1ccccc1. The van der Waals surface area contributed by atoms with E-state index in [0.29, 0.717) is 29.5 Å². The van der Waals surface area contributed by atoms with Gasteiger partial charge in [0, 0.05) is 25.5 Å². The summed E-state index contributed by atoms with van der Waals surface area (Å²) in [7, 11) is 0. The number of amides is 2. The molecular weight excluding hydrogens is 574 g/mol. The van der Waals surface area contributed by atoms with E-state index in [0.717, 1.165) is 23.5 Å². The lowest BCUT2D eigenvalue weighted by molar-refractivity contribution is -0.158. The van der Waals surface area contributed by atoms with Crippen molar-refractivity contribution >= 4 is 35.1 Å². The number of carbonyl (C=O) groups excluding carboxylic acids is 5. The Kier molecular flexibility index (Phi) is 11.5. The Labute approximate surface area is 262 Å². The Morgan fingerprint density at radius 2 is 1.67 bits per heavy atom. The van der Waals surface area contributed by atoms with E-state index in [2.05, 4.69) is 0 Å². The first-order valence-corrected chi connectivity index (χ1v) is 14.9. The van der Waals surface area contributed by atoms with Crippen LogP contribution in [0.3, 0.4) is 0 Å². The quantitative estimate of drug-likeness (QED) is 0.150. The van der Waals surface area contributed by atoms with Crippen molar-refractivity contribution in [1.82, 2.24) is 4.90 Å². The van der Waals surface area contributed by atoms with Crippen LogP contribution >= 0.6 is 0 Å². The molecule has 0 aromatic heterocycles. The Balaban J connectivity index is 1.79. The molecule has 0 spiro atoms. The van der Waals surface area contributed by atoms with E-state index in [1.165, 1.54) is 0 Å². The fraction of sp³-hybridized carbons (Fsp3) is 0.306. The predicted octanol–water partition coefficient (Wildman–Crippen LogP) is 5.19. The van der Waals surface area contributed by atoms with E-state index < -0.39 is 41.8 Å². The number of imide groups is 1. The molecule has 1 fully saturated rings. The number of aliphatic hydroxyl groups excluding tert-OH is 1. The van der Waals surface area contributed by atoms with Gasteiger partial charge < -0.3 is 14.6 Å². The van der Waals surface area contributed by atoms with Crippen LogP contribution in [0.25, 0.3) is 5.57 Å². The topological polar surface area (TPSA) is 127 Å². The Bertz CT molecular complexity index is 1550. The fourth-order valence-corrected chi connectivity index (χ4v) is 5.37. The highest BCUT2D eigenvalue weighted by molar-refractivity contribution is 6.25. The van der Waals surface area contributed by atoms with Crippen molar-refractivity contribution in [2.24, 2.45) is 5.92 Å². The summed E-state index contributed by atoms with van der Waals surface area (Å²) in [6, 6.07) is 24.1. The zero-order valence-electron chi connectivity index (χ0n) is 25.4. The second-order valence-corrected chi connectivity index (χ2v) is 11.0. The van der Waals surface area contributed by atoms with Crippen LogP contribution < -0.4 is 0 Å². The molecule has 0 saturated carbocycles. The van der Waals surface area contributed by atoms with E-state index in [1.807, 2.05) is 19.1 Å². The molecule has 1 aliphatic rings. The number of cyclic esters (lactones) is 1. The lowest BCUT2D eigenvalue weighted by atomic mass is 9.87. The van der Waals surface area contributed by atoms with Gasteiger partial charge in [-0.2, -0.15) is 0 Å². The molecular formula is C36H37NO8. The van der Waals surface area contributed by atoms with Gasteiger partial charge in [-0.15, -0.1) is 0 Å². The zero-order valence-corrected chi connectivity index (χ0v) is 25.4. The molecule has 4 rings (SSSR count). The number of nitrogens with zero attached hydrogens (tertiary/aromatic N) is 1. The minimum Gasteiger partial charge on any atom is -0.453 e. The van der Waals surface area contributed by atoms with Gasteiger partial charge in [0.15, 0.2) is 17.7 Å². The van der Waals surface area contributed by atoms with Gasteiger partial charge in [0.2, 0.25) is 5.91 Å². The number of ether oxygens (including phenoxy) is 2. The third kappa shape index (κ3) is 8.61. The van der Waals surface area contributed by atoms with Crippen LogP contribution in [0.2, 0.25) is 0 Å². The van der Waals surface area contributed by atoms with Crippen LogP contribution in [0.5, 0.6) is 0 Å². The van der Waals surface area contributed by atoms with E-state index in [4.69, 9.17) is 9.47 Å². The van der Waals surface area contributed by atoms with Crippen molar-refractivity contribution in [2.45, 2.75) is 51.7 Å². The normalized spacial score (nSPS) is 16.1. The minimum absolute atomic E-state index is 0.0350. The number of allylic oxidation sites excluding steroid dienone is 1. The average Bonchev–Trinajstić information content (AvgIpc) is 3.43. The number of Topliss-reactive ketones (excluding diaryl/α,β-unsaturated/α-hetero) is 1. The molecule has 1 aliphatic heterocycles. The van der Waals surface area contributed by atoms with Gasteiger partial charge in [-0.05, 0) is 49.0 Å². The number of esters is 1. The molecule has 0 aliphatic carbocycles. The third-order valence-corrected chi connectivity index (χ3v) is 7.58. The van der Waals surface area contributed by atoms with Gasteiger partial charge in [-0.3, -0.25) is 19.2 Å². The number of benzene rings is 3. The highest BCUT2D eigenvalue weighted by Crippen LogP contribution is 2.32. The summed E-state index contributed by atoms with van der Waals surface area (Å²) in [5.41, 5.74) is 2.81. The van der Waals surface area contributed by atoms with Crippen molar-refractivity contribution in [3.05, 3.63) is 113 Å². The molecule has 0 radical (unpaired) electrons. The maximum absolute atomic E-state index is 14.4. The van der Waals surface area contributed by atoms with Crippen molar-refractivity contribution in [2.75, 3.05) is 13.2 Å². The predicted molar refractivity (Wildman–Crippen MR) is 167 cm³/mol. The number of aliphatic hydroxyl groups is 1. The maximum Gasteiger partial charge on any atom is 0.417 e. The second kappa shape index (κ2) is 15.7. The van der Waals surface area contributed by atoms with Crippen molar-refractivity contribution < 1.29 is 38.6 Å². The summed E-state index contributed by atoms with van der Waals surface area (Å²) in [6.45, 7) is 2.84. The summed E-state index contributed by atoms with van der Waals surface area (Å²) in [5, 5.41) is 9.21. The first kappa shape index (κ1) is 33.0. The number of unbranched alkanes of at least 4 members (excludes halogenated alkanes) is 1. The number of carbonyl (C=O) groups is 5. The van der Waals surface area contributed by atoms with Gasteiger partial charge in [-0.25, -0.2) is 9.69 Å². The van der Waals surface area contributed by atoms with E-state index in [1.54, 1.807) is 72.8 Å². The third-order valence-electron chi connectivity index (χ3n) is 7.58. The van der Waals surface area contributed by atoms with Gasteiger partial charge >= 0.3 is 12.1 Å². The van der Waals surface area contributed by atoms with Crippen LogP contribution in [0.15, 0.2) is 91.0 Å².